The summed E-state index contributed by atoms with van der Waals surface area (Å²) >= 11 is 0. The van der Waals surface area contributed by atoms with Gasteiger partial charge in [0.25, 0.3) is 0 Å². The van der Waals surface area contributed by atoms with Crippen LogP contribution in [0.5, 0.6) is 0 Å². The highest BCUT2D eigenvalue weighted by Gasteiger charge is 2.52. The first-order valence-corrected chi connectivity index (χ1v) is 7.45. The number of hydrogen-bond acceptors (Lipinski definition) is 2. The fraction of sp³-hybridized carbons (Fsp3) is 1.00. The first-order valence-electron chi connectivity index (χ1n) is 7.45. The lowest BCUT2D eigenvalue weighted by Gasteiger charge is -2.58. The van der Waals surface area contributed by atoms with Gasteiger partial charge in [-0.25, -0.2) is 0 Å². The van der Waals surface area contributed by atoms with Crippen molar-refractivity contribution >= 4 is 0 Å². The maximum atomic E-state index is 5.98. The van der Waals surface area contributed by atoms with Gasteiger partial charge < -0.3 is 11.1 Å². The second-order valence-electron chi connectivity index (χ2n) is 7.61. The maximum Gasteiger partial charge on any atom is 0.0278 e. The summed E-state index contributed by atoms with van der Waals surface area (Å²) in [5.41, 5.74) is 6.79. The molecule has 1 unspecified atom stereocenters. The Morgan fingerprint density at radius 2 is 1.59 bits per heavy atom. The Bertz CT molecular complexity index is 258. The predicted octanol–water partition coefficient (Wildman–Crippen LogP) is 2.53. The second-order valence-corrected chi connectivity index (χ2v) is 7.61. The smallest absolute Gasteiger partial charge is 0.0278 e. The number of nitrogens with one attached hydrogen (secondary N) is 1. The van der Waals surface area contributed by atoms with Crippen molar-refractivity contribution in [2.75, 3.05) is 13.6 Å². The molecule has 4 rings (SSSR count). The predicted molar refractivity (Wildman–Crippen MR) is 71.7 cm³/mol. The molecule has 0 spiro atoms. The highest BCUT2D eigenvalue weighted by Crippen LogP contribution is 2.62. The van der Waals surface area contributed by atoms with E-state index in [1.54, 1.807) is 0 Å². The van der Waals surface area contributed by atoms with Gasteiger partial charge in [-0.3, -0.25) is 0 Å². The van der Waals surface area contributed by atoms with E-state index in [0.29, 0.717) is 5.41 Å². The van der Waals surface area contributed by atoms with Crippen LogP contribution < -0.4 is 11.1 Å². The number of likely N-dealkylation sites (N-methyl/N-ethyl adjacent to an activating group) is 1. The van der Waals surface area contributed by atoms with Crippen molar-refractivity contribution in [3.8, 4) is 0 Å². The van der Waals surface area contributed by atoms with Crippen molar-refractivity contribution in [3.63, 3.8) is 0 Å². The van der Waals surface area contributed by atoms with Crippen LogP contribution in [-0.4, -0.2) is 19.1 Å². The molecule has 4 aliphatic rings. The van der Waals surface area contributed by atoms with E-state index in [1.165, 1.54) is 44.9 Å². The van der Waals surface area contributed by atoms with E-state index in [4.69, 9.17) is 5.73 Å². The Morgan fingerprint density at radius 1 is 1.12 bits per heavy atom. The fourth-order valence-electron chi connectivity index (χ4n) is 5.60. The standard InChI is InChI=1S/C15H28N2/c1-14(10-16,17-2)9-15-6-11-3-12(7-15)5-13(4-11)8-15/h11-13,17H,3-10,16H2,1-2H3. The summed E-state index contributed by atoms with van der Waals surface area (Å²) in [5.74, 6) is 3.17. The Labute approximate surface area is 106 Å². The van der Waals surface area contributed by atoms with E-state index < -0.39 is 0 Å². The van der Waals surface area contributed by atoms with Crippen LogP contribution in [0.1, 0.15) is 51.9 Å². The van der Waals surface area contributed by atoms with Crippen molar-refractivity contribution in [1.29, 1.82) is 0 Å². The molecule has 0 saturated heterocycles. The molecule has 4 saturated carbocycles. The van der Waals surface area contributed by atoms with Gasteiger partial charge in [0.15, 0.2) is 0 Å². The van der Waals surface area contributed by atoms with Gasteiger partial charge in [0.05, 0.1) is 0 Å². The lowest BCUT2D eigenvalue weighted by Crippen LogP contribution is -2.55. The largest absolute Gasteiger partial charge is 0.329 e. The van der Waals surface area contributed by atoms with Gasteiger partial charge in [0, 0.05) is 12.1 Å². The summed E-state index contributed by atoms with van der Waals surface area (Å²) in [5, 5.41) is 3.48. The zero-order valence-corrected chi connectivity index (χ0v) is 11.5. The van der Waals surface area contributed by atoms with Gasteiger partial charge in [-0.2, -0.15) is 0 Å². The summed E-state index contributed by atoms with van der Waals surface area (Å²) < 4.78 is 0. The molecule has 0 aromatic heterocycles. The van der Waals surface area contributed by atoms with Crippen molar-refractivity contribution in [2.24, 2.45) is 28.9 Å². The molecule has 4 bridgehead atoms. The van der Waals surface area contributed by atoms with Gasteiger partial charge in [-0.05, 0) is 82.1 Å². The average molecular weight is 236 g/mol. The zero-order chi connectivity index (χ0) is 12.1. The Hall–Kier alpha value is -0.0800. The van der Waals surface area contributed by atoms with Crippen LogP contribution in [0.4, 0.5) is 0 Å². The van der Waals surface area contributed by atoms with Gasteiger partial charge in [-0.1, -0.05) is 0 Å². The lowest BCUT2D eigenvalue weighted by molar-refractivity contribution is -0.0685. The van der Waals surface area contributed by atoms with E-state index in [0.717, 1.165) is 24.3 Å². The summed E-state index contributed by atoms with van der Waals surface area (Å²) in [6, 6.07) is 0. The van der Waals surface area contributed by atoms with E-state index in [9.17, 15) is 0 Å². The molecule has 0 radical (unpaired) electrons. The molecule has 0 aromatic rings. The maximum absolute atomic E-state index is 5.98. The first-order chi connectivity index (χ1) is 8.06. The molecule has 0 aromatic carbocycles. The monoisotopic (exact) mass is 236 g/mol. The molecular weight excluding hydrogens is 208 g/mol. The van der Waals surface area contributed by atoms with Crippen LogP contribution in [0.25, 0.3) is 0 Å². The zero-order valence-electron chi connectivity index (χ0n) is 11.5. The molecule has 98 valence electrons. The molecule has 0 amide bonds. The number of nitrogens with two attached hydrogens (primary N) is 1. The van der Waals surface area contributed by atoms with E-state index in [1.807, 2.05) is 0 Å². The highest BCUT2D eigenvalue weighted by molar-refractivity contribution is 5.04. The van der Waals surface area contributed by atoms with E-state index in [2.05, 4.69) is 19.3 Å². The molecular formula is C15H28N2. The van der Waals surface area contributed by atoms with Crippen LogP contribution in [0.2, 0.25) is 0 Å². The van der Waals surface area contributed by atoms with Crippen LogP contribution in [0, 0.1) is 23.2 Å². The molecule has 2 nitrogen and oxygen atoms in total. The van der Waals surface area contributed by atoms with Crippen molar-refractivity contribution in [2.45, 2.75) is 57.4 Å². The first kappa shape index (κ1) is 12.0. The molecule has 0 heterocycles. The van der Waals surface area contributed by atoms with Crippen LogP contribution >= 0.6 is 0 Å². The van der Waals surface area contributed by atoms with Gasteiger partial charge in [0.2, 0.25) is 0 Å². The fourth-order valence-corrected chi connectivity index (χ4v) is 5.60. The Morgan fingerprint density at radius 3 is 1.94 bits per heavy atom. The summed E-state index contributed by atoms with van der Waals surface area (Å²) in [4.78, 5) is 0. The Balaban J connectivity index is 1.78. The highest BCUT2D eigenvalue weighted by atomic mass is 15.0. The van der Waals surface area contributed by atoms with Crippen LogP contribution in [0.3, 0.4) is 0 Å². The average Bonchev–Trinajstić information content (AvgIpc) is 2.26. The third-order valence-corrected chi connectivity index (χ3v) is 5.98. The number of hydrogen-bond donors (Lipinski definition) is 2. The molecule has 2 heteroatoms. The van der Waals surface area contributed by atoms with Crippen LogP contribution in [0.15, 0.2) is 0 Å². The summed E-state index contributed by atoms with van der Waals surface area (Å²) in [6.45, 7) is 3.08. The summed E-state index contributed by atoms with van der Waals surface area (Å²) in [6.07, 6.45) is 10.4. The lowest BCUT2D eigenvalue weighted by atomic mass is 9.47. The van der Waals surface area contributed by atoms with Gasteiger partial charge in [-0.15, -0.1) is 0 Å². The molecule has 17 heavy (non-hydrogen) atoms. The molecule has 4 aliphatic carbocycles. The van der Waals surface area contributed by atoms with Gasteiger partial charge >= 0.3 is 0 Å². The van der Waals surface area contributed by atoms with Gasteiger partial charge in [0.1, 0.15) is 0 Å². The van der Waals surface area contributed by atoms with E-state index in [-0.39, 0.29) is 5.54 Å². The molecule has 3 N–H and O–H groups in total. The second kappa shape index (κ2) is 3.96. The molecule has 1 atom stereocenters. The third kappa shape index (κ3) is 2.04. The molecule has 4 fully saturated rings. The number of rotatable bonds is 4. The van der Waals surface area contributed by atoms with Crippen molar-refractivity contribution < 1.29 is 0 Å². The Kier molecular flexibility index (Phi) is 2.79. The van der Waals surface area contributed by atoms with Crippen molar-refractivity contribution in [1.82, 2.24) is 5.32 Å². The minimum Gasteiger partial charge on any atom is -0.329 e. The minimum atomic E-state index is 0.158. The SMILES string of the molecule is CNC(C)(CN)CC12CC3CC(CC(C3)C1)C2. The minimum absolute atomic E-state index is 0.158. The molecule has 0 aliphatic heterocycles. The topological polar surface area (TPSA) is 38.0 Å². The normalized spacial score (nSPS) is 47.1. The van der Waals surface area contributed by atoms with E-state index >= 15 is 0 Å². The van der Waals surface area contributed by atoms with Crippen LogP contribution in [-0.2, 0) is 0 Å². The quantitative estimate of drug-likeness (QED) is 0.787. The van der Waals surface area contributed by atoms with Crippen molar-refractivity contribution in [3.05, 3.63) is 0 Å². The third-order valence-electron chi connectivity index (χ3n) is 5.98. The summed E-state index contributed by atoms with van der Waals surface area (Å²) in [7, 11) is 2.08.